The zero-order valence-corrected chi connectivity index (χ0v) is 10.3. The summed E-state index contributed by atoms with van der Waals surface area (Å²) in [6.45, 7) is 1.92. The fourth-order valence-corrected chi connectivity index (χ4v) is 1.93. The summed E-state index contributed by atoms with van der Waals surface area (Å²) in [7, 11) is 1.75. The predicted molar refractivity (Wildman–Crippen MR) is 65.8 cm³/mol. The topological polar surface area (TPSA) is 73.1 Å². The lowest BCUT2D eigenvalue weighted by Gasteiger charge is -2.21. The van der Waals surface area contributed by atoms with Gasteiger partial charge in [-0.15, -0.1) is 0 Å². The van der Waals surface area contributed by atoms with Crippen molar-refractivity contribution in [2.45, 2.75) is 12.8 Å². The first-order valence-corrected chi connectivity index (χ1v) is 5.93. The molecule has 6 heteroatoms. The Hall–Kier alpha value is -2.16. The second kappa shape index (κ2) is 5.45. The van der Waals surface area contributed by atoms with Crippen LogP contribution in [-0.4, -0.2) is 47.5 Å². The number of nitrogens with zero attached hydrogens (tertiary/aromatic N) is 5. The maximum atomic E-state index is 11.9. The van der Waals surface area contributed by atoms with Gasteiger partial charge < -0.3 is 9.80 Å². The van der Waals surface area contributed by atoms with E-state index in [2.05, 4.69) is 9.97 Å². The zero-order chi connectivity index (χ0) is 13.0. The Morgan fingerprint density at radius 2 is 2.28 bits per heavy atom. The van der Waals surface area contributed by atoms with E-state index in [4.69, 9.17) is 5.26 Å². The van der Waals surface area contributed by atoms with Crippen molar-refractivity contribution in [3.05, 3.63) is 18.0 Å². The second-order valence-electron chi connectivity index (χ2n) is 4.30. The largest absolute Gasteiger partial charge is 0.341 e. The summed E-state index contributed by atoms with van der Waals surface area (Å²) in [5, 5.41) is 8.76. The molecule has 0 spiro atoms. The molecule has 1 aromatic heterocycles. The van der Waals surface area contributed by atoms with Crippen molar-refractivity contribution in [2.75, 3.05) is 31.6 Å². The molecule has 1 aliphatic heterocycles. The number of aromatic nitrogens is 2. The molecule has 1 aliphatic rings. The molecule has 0 aliphatic carbocycles. The summed E-state index contributed by atoms with van der Waals surface area (Å²) < 4.78 is 0. The van der Waals surface area contributed by atoms with Crippen LogP contribution in [0.2, 0.25) is 0 Å². The number of hydrogen-bond acceptors (Lipinski definition) is 5. The molecule has 0 N–H and O–H groups in total. The van der Waals surface area contributed by atoms with Crippen molar-refractivity contribution in [1.29, 1.82) is 5.26 Å². The van der Waals surface area contributed by atoms with Gasteiger partial charge >= 0.3 is 0 Å². The van der Waals surface area contributed by atoms with E-state index in [-0.39, 0.29) is 12.5 Å². The van der Waals surface area contributed by atoms with E-state index in [1.165, 1.54) is 6.20 Å². The first-order valence-electron chi connectivity index (χ1n) is 5.93. The Bertz CT molecular complexity index is 476. The van der Waals surface area contributed by atoms with Gasteiger partial charge in [-0.1, -0.05) is 0 Å². The quantitative estimate of drug-likeness (QED) is 0.771. The van der Waals surface area contributed by atoms with Crippen molar-refractivity contribution in [2.24, 2.45) is 0 Å². The molecule has 1 saturated heterocycles. The van der Waals surface area contributed by atoms with Crippen LogP contribution in [0.25, 0.3) is 0 Å². The van der Waals surface area contributed by atoms with Crippen LogP contribution in [0.5, 0.6) is 0 Å². The fourth-order valence-electron chi connectivity index (χ4n) is 1.93. The number of nitriles is 1. The second-order valence-corrected chi connectivity index (χ2v) is 4.30. The molecule has 0 aromatic carbocycles. The minimum atomic E-state index is 0.0842. The first kappa shape index (κ1) is 12.3. The van der Waals surface area contributed by atoms with Crippen LogP contribution < -0.4 is 4.90 Å². The lowest BCUT2D eigenvalue weighted by molar-refractivity contribution is -0.128. The fraction of sp³-hybridized carbons (Fsp3) is 0.500. The molecule has 94 valence electrons. The number of anilines is 1. The Balaban J connectivity index is 2.00. The summed E-state index contributed by atoms with van der Waals surface area (Å²) in [4.78, 5) is 23.6. The number of amides is 1. The molecule has 1 amide bonds. The number of rotatable bonds is 3. The third-order valence-electron chi connectivity index (χ3n) is 2.93. The molecular weight excluding hydrogens is 230 g/mol. The predicted octanol–water partition coefficient (Wildman–Crippen LogP) is 0.407. The van der Waals surface area contributed by atoms with Crippen LogP contribution in [-0.2, 0) is 4.79 Å². The molecule has 1 fully saturated rings. The molecule has 0 radical (unpaired) electrons. The summed E-state index contributed by atoms with van der Waals surface area (Å²) in [6, 6.07) is 3.50. The maximum absolute atomic E-state index is 11.9. The van der Waals surface area contributed by atoms with E-state index in [1.807, 2.05) is 11.0 Å². The van der Waals surface area contributed by atoms with Crippen LogP contribution >= 0.6 is 0 Å². The normalized spacial score (nSPS) is 14.3. The molecule has 2 rings (SSSR count). The molecule has 0 saturated carbocycles. The molecular formula is C12H15N5O. The number of likely N-dealkylation sites (tertiary alicyclic amines) is 1. The van der Waals surface area contributed by atoms with Gasteiger partial charge in [-0.25, -0.2) is 9.97 Å². The minimum Gasteiger partial charge on any atom is -0.341 e. The van der Waals surface area contributed by atoms with E-state index in [9.17, 15) is 4.79 Å². The highest BCUT2D eigenvalue weighted by molar-refractivity contribution is 5.81. The van der Waals surface area contributed by atoms with E-state index in [1.54, 1.807) is 18.0 Å². The lowest BCUT2D eigenvalue weighted by Crippen LogP contribution is -2.37. The number of carbonyl (C=O) groups is 1. The van der Waals surface area contributed by atoms with Crippen molar-refractivity contribution in [3.63, 3.8) is 0 Å². The molecule has 18 heavy (non-hydrogen) atoms. The Morgan fingerprint density at radius 1 is 1.56 bits per heavy atom. The molecule has 0 unspecified atom stereocenters. The average Bonchev–Trinajstić information content (AvgIpc) is 2.92. The minimum absolute atomic E-state index is 0.0842. The van der Waals surface area contributed by atoms with Gasteiger partial charge in [-0.2, -0.15) is 5.26 Å². The van der Waals surface area contributed by atoms with Gasteiger partial charge in [0.1, 0.15) is 11.8 Å². The van der Waals surface area contributed by atoms with Crippen LogP contribution in [0.1, 0.15) is 18.5 Å². The first-order chi connectivity index (χ1) is 8.70. The molecule has 1 aromatic rings. The summed E-state index contributed by atoms with van der Waals surface area (Å²) in [5.41, 5.74) is 0.306. The SMILES string of the molecule is CN(CC(=O)N1CCCC1)c1nccc(C#N)n1. The van der Waals surface area contributed by atoms with Gasteiger partial charge in [0.05, 0.1) is 6.54 Å². The Kier molecular flexibility index (Phi) is 3.72. The molecule has 0 atom stereocenters. The van der Waals surface area contributed by atoms with Crippen LogP contribution in [0, 0.1) is 11.3 Å². The van der Waals surface area contributed by atoms with Crippen molar-refractivity contribution in [1.82, 2.24) is 14.9 Å². The molecule has 0 bridgehead atoms. The standard InChI is InChI=1S/C12H15N5O/c1-16(9-11(18)17-6-2-3-7-17)12-14-5-4-10(8-13)15-12/h4-5H,2-3,6-7,9H2,1H3. The van der Waals surface area contributed by atoms with E-state index < -0.39 is 0 Å². The van der Waals surface area contributed by atoms with Gasteiger partial charge in [0.2, 0.25) is 11.9 Å². The highest BCUT2D eigenvalue weighted by Gasteiger charge is 2.19. The summed E-state index contributed by atoms with van der Waals surface area (Å²) in [6.07, 6.45) is 3.68. The Morgan fingerprint density at radius 3 is 2.94 bits per heavy atom. The molecule has 6 nitrogen and oxygen atoms in total. The Labute approximate surface area is 106 Å². The third-order valence-corrected chi connectivity index (χ3v) is 2.93. The average molecular weight is 245 g/mol. The third kappa shape index (κ3) is 2.74. The van der Waals surface area contributed by atoms with Gasteiger partial charge in [0.25, 0.3) is 0 Å². The summed E-state index contributed by atoms with van der Waals surface area (Å²) >= 11 is 0. The number of carbonyl (C=O) groups excluding carboxylic acids is 1. The monoisotopic (exact) mass is 245 g/mol. The molecule has 2 heterocycles. The van der Waals surface area contributed by atoms with E-state index in [0.29, 0.717) is 11.6 Å². The van der Waals surface area contributed by atoms with Gasteiger partial charge in [0, 0.05) is 26.3 Å². The lowest BCUT2D eigenvalue weighted by atomic mass is 10.4. The van der Waals surface area contributed by atoms with Crippen molar-refractivity contribution < 1.29 is 4.79 Å². The highest BCUT2D eigenvalue weighted by Crippen LogP contribution is 2.10. The highest BCUT2D eigenvalue weighted by atomic mass is 16.2. The van der Waals surface area contributed by atoms with Crippen molar-refractivity contribution >= 4 is 11.9 Å². The van der Waals surface area contributed by atoms with E-state index in [0.717, 1.165) is 25.9 Å². The van der Waals surface area contributed by atoms with Crippen LogP contribution in [0.15, 0.2) is 12.3 Å². The number of hydrogen-bond donors (Lipinski definition) is 0. The maximum Gasteiger partial charge on any atom is 0.242 e. The van der Waals surface area contributed by atoms with E-state index >= 15 is 0 Å². The van der Waals surface area contributed by atoms with Crippen LogP contribution in [0.4, 0.5) is 5.95 Å². The van der Waals surface area contributed by atoms with Gasteiger partial charge in [-0.3, -0.25) is 4.79 Å². The van der Waals surface area contributed by atoms with Crippen LogP contribution in [0.3, 0.4) is 0 Å². The number of likely N-dealkylation sites (N-methyl/N-ethyl adjacent to an activating group) is 1. The van der Waals surface area contributed by atoms with Gasteiger partial charge in [-0.05, 0) is 18.9 Å². The zero-order valence-electron chi connectivity index (χ0n) is 10.3. The smallest absolute Gasteiger partial charge is 0.242 e. The van der Waals surface area contributed by atoms with Gasteiger partial charge in [0.15, 0.2) is 0 Å². The summed E-state index contributed by atoms with van der Waals surface area (Å²) in [5.74, 6) is 0.488. The van der Waals surface area contributed by atoms with Crippen molar-refractivity contribution in [3.8, 4) is 6.07 Å².